The minimum absolute atomic E-state index is 0.0128. The van der Waals surface area contributed by atoms with Gasteiger partial charge in [0, 0.05) is 24.7 Å². The number of hydrogen-bond acceptors (Lipinski definition) is 5. The fourth-order valence-electron chi connectivity index (χ4n) is 1.95. The van der Waals surface area contributed by atoms with Gasteiger partial charge in [-0.05, 0) is 30.9 Å². The third kappa shape index (κ3) is 2.87. The molecule has 0 bridgehead atoms. The normalized spacial score (nSPS) is 14.2. The van der Waals surface area contributed by atoms with E-state index in [1.54, 1.807) is 6.20 Å². The third-order valence-electron chi connectivity index (χ3n) is 3.39. The van der Waals surface area contributed by atoms with Gasteiger partial charge in [0.15, 0.2) is 5.78 Å². The Bertz CT molecular complexity index is 617. The van der Waals surface area contributed by atoms with Crippen LogP contribution in [0, 0.1) is 5.92 Å². The number of anilines is 1. The first-order valence-electron chi connectivity index (χ1n) is 6.95. The van der Waals surface area contributed by atoms with Crippen LogP contribution in [0.25, 0.3) is 11.5 Å². The highest BCUT2D eigenvalue weighted by atomic mass is 16.3. The van der Waals surface area contributed by atoms with Crippen LogP contribution in [0.4, 0.5) is 5.82 Å². The van der Waals surface area contributed by atoms with Crippen molar-refractivity contribution in [3.05, 3.63) is 30.3 Å². The molecule has 0 saturated heterocycles. The molecular formula is C15H17N3O2. The van der Waals surface area contributed by atoms with Crippen molar-refractivity contribution in [2.45, 2.75) is 26.2 Å². The molecule has 20 heavy (non-hydrogen) atoms. The number of hydrogen-bond donors (Lipinski definition) is 1. The van der Waals surface area contributed by atoms with E-state index in [4.69, 9.17) is 4.42 Å². The lowest BCUT2D eigenvalue weighted by atomic mass is 10.2. The summed E-state index contributed by atoms with van der Waals surface area (Å²) in [5.41, 5.74) is 1.21. The minimum Gasteiger partial charge on any atom is -0.444 e. The molecule has 1 fully saturated rings. The van der Waals surface area contributed by atoms with E-state index in [1.165, 1.54) is 19.1 Å². The van der Waals surface area contributed by atoms with Crippen molar-refractivity contribution in [3.63, 3.8) is 0 Å². The summed E-state index contributed by atoms with van der Waals surface area (Å²) in [5, 5.41) is 3.31. The largest absolute Gasteiger partial charge is 0.444 e. The predicted molar refractivity (Wildman–Crippen MR) is 75.6 cm³/mol. The van der Waals surface area contributed by atoms with Gasteiger partial charge in [0.2, 0.25) is 5.89 Å². The summed E-state index contributed by atoms with van der Waals surface area (Å²) in [6.07, 6.45) is 6.16. The van der Waals surface area contributed by atoms with Gasteiger partial charge >= 0.3 is 0 Å². The fraction of sp³-hybridized carbons (Fsp3) is 0.400. The number of ketones is 1. The second kappa shape index (κ2) is 5.45. The summed E-state index contributed by atoms with van der Waals surface area (Å²) in [6, 6.07) is 3.72. The van der Waals surface area contributed by atoms with Crippen LogP contribution in [-0.2, 0) is 0 Å². The van der Waals surface area contributed by atoms with E-state index in [0.29, 0.717) is 18.0 Å². The lowest BCUT2D eigenvalue weighted by molar-refractivity contribution is 0.0983. The van der Waals surface area contributed by atoms with E-state index in [1.807, 2.05) is 19.1 Å². The molecule has 1 aliphatic carbocycles. The Morgan fingerprint density at radius 2 is 2.35 bits per heavy atom. The first-order valence-corrected chi connectivity index (χ1v) is 6.95. The number of carbonyl (C=O) groups excluding carboxylic acids is 1. The van der Waals surface area contributed by atoms with E-state index in [2.05, 4.69) is 15.3 Å². The predicted octanol–water partition coefficient (Wildman–Crippen LogP) is 3.15. The van der Waals surface area contributed by atoms with Crippen molar-refractivity contribution in [3.8, 4) is 11.5 Å². The first kappa shape index (κ1) is 12.8. The molecule has 2 heterocycles. The zero-order valence-corrected chi connectivity index (χ0v) is 11.4. The maximum absolute atomic E-state index is 11.6. The Morgan fingerprint density at radius 3 is 3.10 bits per heavy atom. The zero-order valence-electron chi connectivity index (χ0n) is 11.4. The molecule has 0 spiro atoms. The molecule has 2 aromatic rings. The van der Waals surface area contributed by atoms with E-state index in [0.717, 1.165) is 23.8 Å². The highest BCUT2D eigenvalue weighted by Crippen LogP contribution is 2.29. The van der Waals surface area contributed by atoms with E-state index in [-0.39, 0.29) is 5.78 Å². The molecule has 0 amide bonds. The fourth-order valence-corrected chi connectivity index (χ4v) is 1.95. The molecule has 0 aromatic carbocycles. The molecule has 5 heteroatoms. The van der Waals surface area contributed by atoms with Crippen molar-refractivity contribution in [2.24, 2.45) is 5.92 Å². The van der Waals surface area contributed by atoms with Gasteiger partial charge in [0.1, 0.15) is 17.8 Å². The Hall–Kier alpha value is -2.17. The Kier molecular flexibility index (Phi) is 3.50. The highest BCUT2D eigenvalue weighted by Gasteiger charge is 2.20. The lowest BCUT2D eigenvalue weighted by Gasteiger charge is -2.04. The summed E-state index contributed by atoms with van der Waals surface area (Å²) < 4.78 is 5.38. The van der Waals surface area contributed by atoms with Gasteiger partial charge in [-0.3, -0.25) is 4.79 Å². The number of pyridine rings is 1. The lowest BCUT2D eigenvalue weighted by Crippen LogP contribution is -2.04. The zero-order chi connectivity index (χ0) is 13.9. The molecule has 0 unspecified atom stereocenters. The van der Waals surface area contributed by atoms with Gasteiger partial charge in [-0.2, -0.15) is 0 Å². The van der Waals surface area contributed by atoms with Crippen LogP contribution < -0.4 is 5.32 Å². The molecule has 0 radical (unpaired) electrons. The van der Waals surface area contributed by atoms with Crippen LogP contribution >= 0.6 is 0 Å². The molecule has 1 N–H and O–H groups in total. The summed E-state index contributed by atoms with van der Waals surface area (Å²) in [6.45, 7) is 2.77. The standard InChI is InChI=1S/C15H17N3O2/c1-2-13(19)12-9-20-15(18-12)11-5-6-16-14(7-11)17-8-10-3-4-10/h5-7,9-10H,2-4,8H2,1H3,(H,16,17). The second-order valence-corrected chi connectivity index (χ2v) is 5.07. The average Bonchev–Trinajstić information content (AvgIpc) is 3.19. The van der Waals surface area contributed by atoms with Gasteiger partial charge in [-0.1, -0.05) is 6.92 Å². The van der Waals surface area contributed by atoms with Gasteiger partial charge in [0.25, 0.3) is 0 Å². The number of rotatable bonds is 6. The molecule has 104 valence electrons. The SMILES string of the molecule is CCC(=O)c1coc(-c2ccnc(NCC3CC3)c2)n1. The molecule has 0 atom stereocenters. The van der Waals surface area contributed by atoms with Crippen molar-refractivity contribution < 1.29 is 9.21 Å². The second-order valence-electron chi connectivity index (χ2n) is 5.07. The molecule has 0 aliphatic heterocycles. The number of carbonyl (C=O) groups is 1. The molecule has 3 rings (SSSR count). The molecule has 5 nitrogen and oxygen atoms in total. The average molecular weight is 271 g/mol. The summed E-state index contributed by atoms with van der Waals surface area (Å²) >= 11 is 0. The molecule has 1 aliphatic rings. The summed E-state index contributed by atoms with van der Waals surface area (Å²) in [4.78, 5) is 20.1. The highest BCUT2D eigenvalue weighted by molar-refractivity contribution is 5.94. The van der Waals surface area contributed by atoms with E-state index in [9.17, 15) is 4.79 Å². The topological polar surface area (TPSA) is 68.0 Å². The van der Waals surface area contributed by atoms with Crippen molar-refractivity contribution in [1.82, 2.24) is 9.97 Å². The number of nitrogens with one attached hydrogen (secondary N) is 1. The van der Waals surface area contributed by atoms with Gasteiger partial charge in [-0.25, -0.2) is 9.97 Å². The van der Waals surface area contributed by atoms with Crippen LogP contribution in [0.1, 0.15) is 36.7 Å². The Balaban J connectivity index is 1.76. The smallest absolute Gasteiger partial charge is 0.226 e. The number of Topliss-reactive ketones (excluding diaryl/α,β-unsaturated/α-hetero) is 1. The van der Waals surface area contributed by atoms with Crippen LogP contribution in [0.3, 0.4) is 0 Å². The molecule has 2 aromatic heterocycles. The van der Waals surface area contributed by atoms with Gasteiger partial charge in [-0.15, -0.1) is 0 Å². The number of nitrogens with zero attached hydrogens (tertiary/aromatic N) is 2. The minimum atomic E-state index is -0.0128. The Morgan fingerprint density at radius 1 is 1.50 bits per heavy atom. The maximum atomic E-state index is 11.6. The van der Waals surface area contributed by atoms with E-state index >= 15 is 0 Å². The Labute approximate surface area is 117 Å². The quantitative estimate of drug-likeness (QED) is 0.817. The monoisotopic (exact) mass is 271 g/mol. The third-order valence-corrected chi connectivity index (χ3v) is 3.39. The molecule has 1 saturated carbocycles. The number of oxazole rings is 1. The first-order chi connectivity index (χ1) is 9.76. The van der Waals surface area contributed by atoms with Crippen LogP contribution in [0.5, 0.6) is 0 Å². The van der Waals surface area contributed by atoms with Crippen LogP contribution in [0.2, 0.25) is 0 Å². The van der Waals surface area contributed by atoms with Crippen molar-refractivity contribution in [1.29, 1.82) is 0 Å². The number of aromatic nitrogens is 2. The van der Waals surface area contributed by atoms with Gasteiger partial charge in [0.05, 0.1) is 0 Å². The summed E-state index contributed by atoms with van der Waals surface area (Å²) in [5.74, 6) is 2.05. The van der Waals surface area contributed by atoms with Crippen molar-refractivity contribution in [2.75, 3.05) is 11.9 Å². The van der Waals surface area contributed by atoms with Crippen molar-refractivity contribution >= 4 is 11.6 Å². The van der Waals surface area contributed by atoms with Crippen LogP contribution in [-0.4, -0.2) is 22.3 Å². The van der Waals surface area contributed by atoms with E-state index < -0.39 is 0 Å². The molecular weight excluding hydrogens is 254 g/mol. The van der Waals surface area contributed by atoms with Crippen LogP contribution in [0.15, 0.2) is 29.0 Å². The maximum Gasteiger partial charge on any atom is 0.226 e. The van der Waals surface area contributed by atoms with Gasteiger partial charge < -0.3 is 9.73 Å². The summed E-state index contributed by atoms with van der Waals surface area (Å²) in [7, 11) is 0.